The van der Waals surface area contributed by atoms with Crippen LogP contribution in [0.2, 0.25) is 0 Å². The fraction of sp³-hybridized carbons (Fsp3) is 0.395. The number of methoxy groups -OCH3 is 2. The summed E-state index contributed by atoms with van der Waals surface area (Å²) in [5.74, 6) is 0.864. The normalized spacial score (nSPS) is 17.1. The minimum atomic E-state index is -1.78. The van der Waals surface area contributed by atoms with Crippen LogP contribution in [-0.4, -0.2) is 80.4 Å². The molecule has 1 saturated heterocycles. The molecule has 5 aromatic rings. The number of imidazole rings is 1. The van der Waals surface area contributed by atoms with Gasteiger partial charge in [0.2, 0.25) is 0 Å². The number of ether oxygens (including phenoxy) is 4. The highest BCUT2D eigenvalue weighted by atomic mass is 31.2. The molecule has 2 aromatic heterocycles. The van der Waals surface area contributed by atoms with Crippen molar-refractivity contribution in [2.24, 2.45) is 0 Å². The molecule has 3 heterocycles. The summed E-state index contributed by atoms with van der Waals surface area (Å²) in [5, 5.41) is 21.0. The van der Waals surface area contributed by atoms with E-state index in [2.05, 4.69) is 20.7 Å². The van der Waals surface area contributed by atoms with Gasteiger partial charge in [-0.05, 0) is 73.6 Å². The topological polar surface area (TPSA) is 198 Å². The zero-order valence-corrected chi connectivity index (χ0v) is 35.8. The molecule has 6 rings (SSSR count). The molecule has 1 fully saturated rings. The molecule has 0 bridgehead atoms. The van der Waals surface area contributed by atoms with Crippen LogP contribution < -0.4 is 20.7 Å². The van der Waals surface area contributed by atoms with Crippen molar-refractivity contribution in [2.45, 2.75) is 83.2 Å². The summed E-state index contributed by atoms with van der Waals surface area (Å²) in [6.45, 7) is 7.96. The highest BCUT2D eigenvalue weighted by Crippen LogP contribution is 2.50. The predicted molar refractivity (Wildman–Crippen MR) is 226 cm³/mol. The standard InChI is InChI=1S/C43H50N7O10P/c1-29(2)49(30(3)4)61(58-24-10-21-44)60-37-25-39(48-27-31(40(51)46-42(48)52)26-47-23-22-45-41(47)50(53)54)59-38(37)28-57-43(32-11-8-7-9-12-32,33-13-17-35(55-5)18-14-33)34-15-19-36(56-6)20-16-34/h7-9,11-20,22-23,27,29-30,37-39H,10,24-26,28H2,1-6H3,(H,46,51,52)/t37-,38+,39+,61?/m0/s1. The van der Waals surface area contributed by atoms with Crippen molar-refractivity contribution in [2.75, 3.05) is 27.4 Å². The number of hydrogen-bond donors (Lipinski definition) is 1. The van der Waals surface area contributed by atoms with Crippen LogP contribution in [0, 0.1) is 21.4 Å². The van der Waals surface area contributed by atoms with E-state index in [1.165, 1.54) is 27.7 Å². The van der Waals surface area contributed by atoms with E-state index in [1.54, 1.807) is 14.2 Å². The molecule has 1 aliphatic rings. The van der Waals surface area contributed by atoms with Crippen LogP contribution in [0.3, 0.4) is 0 Å². The molecule has 1 N–H and O–H groups in total. The third-order valence-corrected chi connectivity index (χ3v) is 12.4. The third kappa shape index (κ3) is 10.1. The number of nitriles is 1. The van der Waals surface area contributed by atoms with Crippen LogP contribution in [0.15, 0.2) is 107 Å². The van der Waals surface area contributed by atoms with Gasteiger partial charge >= 0.3 is 11.6 Å². The maximum atomic E-state index is 13.6. The molecule has 1 unspecified atom stereocenters. The number of benzene rings is 3. The highest BCUT2D eigenvalue weighted by molar-refractivity contribution is 7.44. The monoisotopic (exact) mass is 855 g/mol. The Morgan fingerprint density at radius 1 is 0.984 bits per heavy atom. The lowest BCUT2D eigenvalue weighted by molar-refractivity contribution is -0.396. The Morgan fingerprint density at radius 3 is 2.15 bits per heavy atom. The number of nitrogens with one attached hydrogen (secondary N) is 1. The van der Waals surface area contributed by atoms with E-state index >= 15 is 0 Å². The van der Waals surface area contributed by atoms with Crippen molar-refractivity contribution in [1.29, 1.82) is 5.26 Å². The Kier molecular flexibility index (Phi) is 14.9. The summed E-state index contributed by atoms with van der Waals surface area (Å²) in [6.07, 6.45) is 1.72. The summed E-state index contributed by atoms with van der Waals surface area (Å²) in [7, 11) is 1.42. The summed E-state index contributed by atoms with van der Waals surface area (Å²) in [6, 6.07) is 27.1. The van der Waals surface area contributed by atoms with Crippen molar-refractivity contribution in [3.63, 3.8) is 0 Å². The fourth-order valence-corrected chi connectivity index (χ4v) is 9.22. The van der Waals surface area contributed by atoms with Gasteiger partial charge in [-0.15, -0.1) is 0 Å². The van der Waals surface area contributed by atoms with Crippen molar-refractivity contribution < 1.29 is 32.9 Å². The van der Waals surface area contributed by atoms with Crippen molar-refractivity contribution in [3.8, 4) is 17.6 Å². The first-order chi connectivity index (χ1) is 29.4. The molecular formula is C43H50N7O10P. The number of H-pyrrole nitrogens is 1. The molecule has 18 heteroatoms. The van der Waals surface area contributed by atoms with Gasteiger partial charge < -0.3 is 38.1 Å². The minimum absolute atomic E-state index is 0.00602. The van der Waals surface area contributed by atoms with E-state index in [0.717, 1.165) is 16.7 Å². The molecule has 0 aliphatic carbocycles. The van der Waals surface area contributed by atoms with E-state index in [0.29, 0.717) is 11.5 Å². The summed E-state index contributed by atoms with van der Waals surface area (Å²) >= 11 is 0. The Bertz CT molecular complexity index is 2320. The lowest BCUT2D eigenvalue weighted by Crippen LogP contribution is -2.39. The minimum Gasteiger partial charge on any atom is -0.497 e. The van der Waals surface area contributed by atoms with E-state index < -0.39 is 54.7 Å². The van der Waals surface area contributed by atoms with Gasteiger partial charge in [0.25, 0.3) is 14.1 Å². The molecule has 1 aliphatic heterocycles. The average Bonchev–Trinajstić information content (AvgIpc) is 3.89. The third-order valence-electron chi connectivity index (χ3n) is 10.3. The Morgan fingerprint density at radius 2 is 1.59 bits per heavy atom. The van der Waals surface area contributed by atoms with Crippen LogP contribution >= 0.6 is 8.53 Å². The van der Waals surface area contributed by atoms with E-state index in [4.69, 9.17) is 28.0 Å². The maximum absolute atomic E-state index is 13.6. The molecule has 17 nitrogen and oxygen atoms in total. The number of aromatic amines is 1. The van der Waals surface area contributed by atoms with Gasteiger partial charge in [-0.2, -0.15) is 5.26 Å². The highest BCUT2D eigenvalue weighted by Gasteiger charge is 2.45. The van der Waals surface area contributed by atoms with Gasteiger partial charge in [0.1, 0.15) is 48.4 Å². The first-order valence-corrected chi connectivity index (χ1v) is 20.9. The SMILES string of the molecule is COc1ccc(C(OC[C@H]2O[C@@H](n3cc(Cn4ccnc4[N+](=O)[O-])c(=O)[nH]c3=O)C[C@@H]2OP(OCCC#N)N(C(C)C)C(C)C)(c2ccccc2)c2ccc(OC)cc2)cc1. The smallest absolute Gasteiger partial charge is 0.434 e. The zero-order chi connectivity index (χ0) is 43.7. The van der Waals surface area contributed by atoms with Gasteiger partial charge in [0.15, 0.2) is 0 Å². The number of rotatable bonds is 20. The second-order valence-electron chi connectivity index (χ2n) is 14.8. The van der Waals surface area contributed by atoms with Gasteiger partial charge in [0, 0.05) is 24.7 Å². The number of nitrogens with zero attached hydrogens (tertiary/aromatic N) is 6. The fourth-order valence-electron chi connectivity index (χ4n) is 7.46. The summed E-state index contributed by atoms with van der Waals surface area (Å²) < 4.78 is 42.8. The van der Waals surface area contributed by atoms with Crippen LogP contribution in [-0.2, 0) is 30.7 Å². The Labute approximate surface area is 354 Å². The van der Waals surface area contributed by atoms with Crippen LogP contribution in [0.1, 0.15) is 69.0 Å². The molecule has 3 aromatic carbocycles. The van der Waals surface area contributed by atoms with Crippen molar-refractivity contribution in [1.82, 2.24) is 23.8 Å². The first-order valence-electron chi connectivity index (χ1n) is 19.8. The van der Waals surface area contributed by atoms with Gasteiger partial charge in [0.05, 0.1) is 51.6 Å². The van der Waals surface area contributed by atoms with E-state index in [1.807, 2.05) is 107 Å². The van der Waals surface area contributed by atoms with Crippen molar-refractivity contribution >= 4 is 14.5 Å². The van der Waals surface area contributed by atoms with Crippen LogP contribution in [0.25, 0.3) is 0 Å². The number of aromatic nitrogens is 4. The first kappa shape index (κ1) is 44.8. The average molecular weight is 856 g/mol. The number of hydrogen-bond acceptors (Lipinski definition) is 13. The Hall–Kier alpha value is -5.73. The van der Waals surface area contributed by atoms with Crippen molar-refractivity contribution in [3.05, 3.63) is 151 Å². The van der Waals surface area contributed by atoms with Gasteiger partial charge in [-0.3, -0.25) is 14.3 Å². The second-order valence-corrected chi connectivity index (χ2v) is 16.2. The molecule has 322 valence electrons. The van der Waals surface area contributed by atoms with E-state index in [9.17, 15) is 25.0 Å². The summed E-state index contributed by atoms with van der Waals surface area (Å²) in [5.41, 5.74) is -0.201. The van der Waals surface area contributed by atoms with Gasteiger partial charge in [-0.1, -0.05) is 59.6 Å². The van der Waals surface area contributed by atoms with Crippen LogP contribution in [0.4, 0.5) is 5.95 Å². The summed E-state index contributed by atoms with van der Waals surface area (Å²) in [4.78, 5) is 43.8. The molecule has 61 heavy (non-hydrogen) atoms. The molecular weight excluding hydrogens is 805 g/mol. The second kappa shape index (κ2) is 20.2. The zero-order valence-electron chi connectivity index (χ0n) is 34.9. The lowest BCUT2D eigenvalue weighted by atomic mass is 9.80. The predicted octanol–water partition coefficient (Wildman–Crippen LogP) is 6.66. The van der Waals surface area contributed by atoms with Gasteiger partial charge in [-0.25, -0.2) is 14.0 Å². The molecule has 0 amide bonds. The lowest BCUT2D eigenvalue weighted by Gasteiger charge is -2.39. The molecule has 0 spiro atoms. The largest absolute Gasteiger partial charge is 0.497 e. The van der Waals surface area contributed by atoms with E-state index in [-0.39, 0.29) is 50.2 Å². The molecule has 4 atom stereocenters. The quantitative estimate of drug-likeness (QED) is 0.0287. The number of nitro groups is 1. The molecule has 0 saturated carbocycles. The maximum Gasteiger partial charge on any atom is 0.434 e. The van der Waals surface area contributed by atoms with Crippen LogP contribution in [0.5, 0.6) is 11.5 Å². The Balaban J connectivity index is 1.44. The molecule has 0 radical (unpaired) electrons.